The number of carbonyl (C=O) groups is 2. The SMILES string of the molecule is COC(=O)/C=C/[C@@H]1C[C@@]1(Br)C(=O)OC. The number of carbonyl (C=O) groups excluding carboxylic acids is 2. The summed E-state index contributed by atoms with van der Waals surface area (Å²) in [6, 6.07) is 0. The highest BCUT2D eigenvalue weighted by Crippen LogP contribution is 2.52. The molecule has 0 aromatic carbocycles. The van der Waals surface area contributed by atoms with Gasteiger partial charge in [-0.3, -0.25) is 4.79 Å². The molecule has 0 radical (unpaired) electrons. The van der Waals surface area contributed by atoms with Crippen LogP contribution in [0.2, 0.25) is 0 Å². The fourth-order valence-electron chi connectivity index (χ4n) is 1.15. The van der Waals surface area contributed by atoms with Gasteiger partial charge in [0, 0.05) is 12.0 Å². The third-order valence-corrected chi connectivity index (χ3v) is 3.37. The van der Waals surface area contributed by atoms with Crippen molar-refractivity contribution < 1.29 is 19.1 Å². The van der Waals surface area contributed by atoms with E-state index in [-0.39, 0.29) is 11.9 Å². The van der Waals surface area contributed by atoms with Crippen LogP contribution in [0, 0.1) is 5.92 Å². The average Bonchev–Trinajstić information content (AvgIpc) is 2.86. The van der Waals surface area contributed by atoms with E-state index < -0.39 is 10.3 Å². The Bertz CT molecular complexity index is 287. The summed E-state index contributed by atoms with van der Waals surface area (Å²) in [5, 5.41) is 0. The molecule has 1 rings (SSSR count). The fourth-order valence-corrected chi connectivity index (χ4v) is 1.81. The van der Waals surface area contributed by atoms with Crippen LogP contribution < -0.4 is 0 Å². The van der Waals surface area contributed by atoms with Crippen LogP contribution in [0.1, 0.15) is 6.42 Å². The van der Waals surface area contributed by atoms with Crippen molar-refractivity contribution in [2.45, 2.75) is 10.7 Å². The van der Waals surface area contributed by atoms with Crippen LogP contribution in [-0.2, 0) is 19.1 Å². The minimum atomic E-state index is -0.633. The van der Waals surface area contributed by atoms with Gasteiger partial charge >= 0.3 is 11.9 Å². The largest absolute Gasteiger partial charge is 0.468 e. The van der Waals surface area contributed by atoms with E-state index in [1.165, 1.54) is 20.3 Å². The maximum Gasteiger partial charge on any atom is 0.330 e. The molecule has 0 unspecified atom stereocenters. The normalized spacial score (nSPS) is 30.1. The summed E-state index contributed by atoms with van der Waals surface area (Å²) in [6.45, 7) is 0. The maximum absolute atomic E-state index is 11.2. The summed E-state index contributed by atoms with van der Waals surface area (Å²) in [7, 11) is 2.64. The number of rotatable bonds is 3. The van der Waals surface area contributed by atoms with E-state index in [1.807, 2.05) is 0 Å². The van der Waals surface area contributed by atoms with Gasteiger partial charge in [0.15, 0.2) is 0 Å². The number of alkyl halides is 1. The molecule has 2 atom stereocenters. The van der Waals surface area contributed by atoms with E-state index >= 15 is 0 Å². The van der Waals surface area contributed by atoms with Gasteiger partial charge in [0.1, 0.15) is 4.32 Å². The summed E-state index contributed by atoms with van der Waals surface area (Å²) in [5.74, 6) is -0.720. The van der Waals surface area contributed by atoms with E-state index in [1.54, 1.807) is 6.08 Å². The number of allylic oxidation sites excluding steroid dienone is 1. The Balaban J connectivity index is 2.50. The first-order valence-corrected chi connectivity index (χ1v) is 4.87. The molecular formula is C9H11BrO4. The van der Waals surface area contributed by atoms with Crippen LogP contribution in [0.3, 0.4) is 0 Å². The summed E-state index contributed by atoms with van der Waals surface area (Å²) in [6.07, 6.45) is 3.61. The lowest BCUT2D eigenvalue weighted by atomic mass is 10.3. The van der Waals surface area contributed by atoms with Crippen LogP contribution in [-0.4, -0.2) is 30.5 Å². The molecule has 0 spiro atoms. The number of ether oxygens (including phenoxy) is 2. The minimum absolute atomic E-state index is 0.00838. The number of halogens is 1. The van der Waals surface area contributed by atoms with Gasteiger partial charge in [-0.25, -0.2) is 4.79 Å². The molecular weight excluding hydrogens is 252 g/mol. The van der Waals surface area contributed by atoms with Gasteiger partial charge in [-0.05, 0) is 6.42 Å². The van der Waals surface area contributed by atoms with Gasteiger partial charge in [-0.15, -0.1) is 0 Å². The Morgan fingerprint density at radius 2 is 2.07 bits per heavy atom. The highest BCUT2D eigenvalue weighted by molar-refractivity contribution is 9.10. The molecule has 0 aromatic rings. The van der Waals surface area contributed by atoms with Gasteiger partial charge in [-0.1, -0.05) is 22.0 Å². The van der Waals surface area contributed by atoms with Crippen molar-refractivity contribution in [2.24, 2.45) is 5.92 Å². The molecule has 0 bridgehead atoms. The second-order valence-corrected chi connectivity index (χ2v) is 4.46. The lowest BCUT2D eigenvalue weighted by molar-refractivity contribution is -0.141. The molecule has 0 N–H and O–H groups in total. The van der Waals surface area contributed by atoms with Crippen molar-refractivity contribution in [2.75, 3.05) is 14.2 Å². The van der Waals surface area contributed by atoms with Crippen molar-refractivity contribution in [1.82, 2.24) is 0 Å². The quantitative estimate of drug-likeness (QED) is 0.433. The highest BCUT2D eigenvalue weighted by Gasteiger charge is 2.58. The Morgan fingerprint density at radius 3 is 2.57 bits per heavy atom. The molecule has 1 saturated carbocycles. The molecule has 1 aliphatic rings. The van der Waals surface area contributed by atoms with Crippen LogP contribution in [0.5, 0.6) is 0 Å². The topological polar surface area (TPSA) is 52.6 Å². The summed E-state index contributed by atoms with van der Waals surface area (Å²) >= 11 is 3.28. The van der Waals surface area contributed by atoms with Crippen LogP contribution in [0.25, 0.3) is 0 Å². The molecule has 4 nitrogen and oxygen atoms in total. The van der Waals surface area contributed by atoms with Crippen LogP contribution in [0.4, 0.5) is 0 Å². The number of esters is 2. The Kier molecular flexibility index (Phi) is 3.31. The zero-order valence-corrected chi connectivity index (χ0v) is 9.54. The zero-order chi connectivity index (χ0) is 10.8. The predicted molar refractivity (Wildman–Crippen MR) is 52.9 cm³/mol. The minimum Gasteiger partial charge on any atom is -0.468 e. The maximum atomic E-state index is 11.2. The molecule has 14 heavy (non-hydrogen) atoms. The van der Waals surface area contributed by atoms with E-state index in [9.17, 15) is 9.59 Å². The number of hydrogen-bond donors (Lipinski definition) is 0. The number of hydrogen-bond acceptors (Lipinski definition) is 4. The fraction of sp³-hybridized carbons (Fsp3) is 0.556. The summed E-state index contributed by atoms with van der Waals surface area (Å²) in [4.78, 5) is 22.0. The molecule has 0 aliphatic heterocycles. The monoisotopic (exact) mass is 262 g/mol. The molecule has 0 heterocycles. The van der Waals surface area contributed by atoms with Gasteiger partial charge in [-0.2, -0.15) is 0 Å². The third kappa shape index (κ3) is 2.15. The molecule has 5 heteroatoms. The van der Waals surface area contributed by atoms with Crippen molar-refractivity contribution in [3.63, 3.8) is 0 Å². The second-order valence-electron chi connectivity index (χ2n) is 3.05. The first kappa shape index (κ1) is 11.2. The van der Waals surface area contributed by atoms with Gasteiger partial charge in [0.05, 0.1) is 14.2 Å². The predicted octanol–water partition coefficient (Wildman–Crippen LogP) is 1.04. The van der Waals surface area contributed by atoms with Gasteiger partial charge in [0.25, 0.3) is 0 Å². The lowest BCUT2D eigenvalue weighted by Gasteiger charge is -2.03. The third-order valence-electron chi connectivity index (χ3n) is 2.14. The standard InChI is InChI=1S/C9H11BrO4/c1-13-7(11)4-3-6-5-9(6,10)8(12)14-2/h3-4,6H,5H2,1-2H3/b4-3+/t6-,9+/m1/s1. The summed E-state index contributed by atoms with van der Waals surface area (Å²) in [5.41, 5.74) is 0. The van der Waals surface area contributed by atoms with E-state index in [2.05, 4.69) is 25.4 Å². The molecule has 0 saturated heterocycles. The van der Waals surface area contributed by atoms with Crippen LogP contribution in [0.15, 0.2) is 12.2 Å². The first-order valence-electron chi connectivity index (χ1n) is 4.08. The smallest absolute Gasteiger partial charge is 0.330 e. The number of methoxy groups -OCH3 is 2. The van der Waals surface area contributed by atoms with E-state index in [0.717, 1.165) is 0 Å². The molecule has 0 amide bonds. The Labute approximate surface area is 90.4 Å². The molecule has 1 aliphatic carbocycles. The Morgan fingerprint density at radius 1 is 1.43 bits per heavy atom. The molecule has 78 valence electrons. The first-order chi connectivity index (χ1) is 6.54. The van der Waals surface area contributed by atoms with E-state index in [0.29, 0.717) is 6.42 Å². The average molecular weight is 263 g/mol. The highest BCUT2D eigenvalue weighted by atomic mass is 79.9. The second kappa shape index (κ2) is 4.13. The Hall–Kier alpha value is -0.840. The van der Waals surface area contributed by atoms with Crippen molar-refractivity contribution >= 4 is 27.9 Å². The lowest BCUT2D eigenvalue weighted by Crippen LogP contribution is -2.18. The van der Waals surface area contributed by atoms with Crippen molar-refractivity contribution in [3.05, 3.63) is 12.2 Å². The van der Waals surface area contributed by atoms with E-state index in [4.69, 9.17) is 0 Å². The van der Waals surface area contributed by atoms with Gasteiger partial charge in [0.2, 0.25) is 0 Å². The molecule has 1 fully saturated rings. The van der Waals surface area contributed by atoms with Gasteiger partial charge < -0.3 is 9.47 Å². The molecule has 0 aromatic heterocycles. The zero-order valence-electron chi connectivity index (χ0n) is 7.95. The van der Waals surface area contributed by atoms with Crippen LogP contribution >= 0.6 is 15.9 Å². The van der Waals surface area contributed by atoms with Crippen molar-refractivity contribution in [1.29, 1.82) is 0 Å². The van der Waals surface area contributed by atoms with Crippen molar-refractivity contribution in [3.8, 4) is 0 Å². The summed E-state index contributed by atoms with van der Waals surface area (Å²) < 4.78 is 8.40.